The number of hydrogen-bond acceptors (Lipinski definition) is 6. The molecule has 0 unspecified atom stereocenters. The van der Waals surface area contributed by atoms with E-state index in [4.69, 9.17) is 14.2 Å². The van der Waals surface area contributed by atoms with Gasteiger partial charge in [-0.3, -0.25) is 4.98 Å². The molecular weight excluding hydrogens is 376 g/mol. The van der Waals surface area contributed by atoms with Crippen molar-refractivity contribution in [3.8, 4) is 11.5 Å². The first-order valence-electron chi connectivity index (χ1n) is 6.96. The third-order valence-electron chi connectivity index (χ3n) is 3.28. The highest BCUT2D eigenvalue weighted by Gasteiger charge is 2.24. The maximum atomic E-state index is 12.0. The number of carbonyl (C=O) groups excluding carboxylic acids is 1. The lowest BCUT2D eigenvalue weighted by molar-refractivity contribution is -0.129. The lowest BCUT2D eigenvalue weighted by Crippen LogP contribution is -2.05. The van der Waals surface area contributed by atoms with Crippen LogP contribution >= 0.6 is 15.9 Å². The Kier molecular flexibility index (Phi) is 4.61. The summed E-state index contributed by atoms with van der Waals surface area (Å²) in [5.41, 5.74) is 1.57. The number of carbonyl (C=O) groups is 1. The number of hydrogen-bond donors (Lipinski definition) is 0. The quantitative estimate of drug-likeness (QED) is 0.593. The van der Waals surface area contributed by atoms with E-state index in [0.717, 1.165) is 10.0 Å². The average Bonchev–Trinajstić information content (AvgIpc) is 2.95. The topological polar surface area (TPSA) is 70.0 Å². The summed E-state index contributed by atoms with van der Waals surface area (Å²) in [5, 5.41) is 0. The number of aromatic nitrogens is 1. The molecule has 3 rings (SSSR count). The number of pyridine rings is 1. The van der Waals surface area contributed by atoms with Crippen LogP contribution in [0, 0.1) is 0 Å². The molecule has 6 nitrogen and oxygen atoms in total. The van der Waals surface area contributed by atoms with Gasteiger partial charge in [0.05, 0.1) is 19.8 Å². The van der Waals surface area contributed by atoms with Crippen LogP contribution in [0.5, 0.6) is 11.5 Å². The summed E-state index contributed by atoms with van der Waals surface area (Å²) in [7, 11) is 3.11. The van der Waals surface area contributed by atoms with Gasteiger partial charge in [0.1, 0.15) is 0 Å². The Morgan fingerprint density at radius 3 is 2.62 bits per heavy atom. The van der Waals surface area contributed by atoms with E-state index in [1.54, 1.807) is 57.0 Å². The van der Waals surface area contributed by atoms with Crippen LogP contribution in [0.2, 0.25) is 0 Å². The van der Waals surface area contributed by atoms with Gasteiger partial charge in [-0.05, 0) is 45.8 Å². The van der Waals surface area contributed by atoms with Crippen molar-refractivity contribution in [1.29, 1.82) is 0 Å². The smallest absolute Gasteiger partial charge is 0.363 e. The molecule has 1 aromatic carbocycles. The van der Waals surface area contributed by atoms with E-state index in [9.17, 15) is 4.79 Å². The van der Waals surface area contributed by atoms with E-state index in [-0.39, 0.29) is 11.6 Å². The molecule has 0 saturated carbocycles. The Bertz CT molecular complexity index is 861. The Balaban J connectivity index is 1.94. The van der Waals surface area contributed by atoms with E-state index in [2.05, 4.69) is 25.9 Å². The van der Waals surface area contributed by atoms with Crippen LogP contribution in [0.25, 0.3) is 6.08 Å². The zero-order chi connectivity index (χ0) is 17.1. The van der Waals surface area contributed by atoms with E-state index in [0.29, 0.717) is 17.1 Å². The van der Waals surface area contributed by atoms with Gasteiger partial charge in [-0.15, -0.1) is 0 Å². The van der Waals surface area contributed by atoms with Gasteiger partial charge in [-0.25, -0.2) is 9.79 Å². The molecule has 0 fully saturated rings. The van der Waals surface area contributed by atoms with Crippen LogP contribution < -0.4 is 9.47 Å². The molecule has 0 spiro atoms. The minimum absolute atomic E-state index is 0.206. The molecule has 24 heavy (non-hydrogen) atoms. The Morgan fingerprint density at radius 1 is 1.12 bits per heavy atom. The minimum atomic E-state index is -0.514. The molecule has 0 N–H and O–H groups in total. The molecule has 1 aliphatic rings. The van der Waals surface area contributed by atoms with Crippen molar-refractivity contribution in [1.82, 2.24) is 4.98 Å². The molecule has 0 aliphatic carbocycles. The number of benzene rings is 1. The Morgan fingerprint density at radius 2 is 1.92 bits per heavy atom. The lowest BCUT2D eigenvalue weighted by Gasteiger charge is -2.07. The summed E-state index contributed by atoms with van der Waals surface area (Å²) in [6.07, 6.45) is 4.85. The predicted molar refractivity (Wildman–Crippen MR) is 92.1 cm³/mol. The second kappa shape index (κ2) is 6.84. The number of ether oxygens (including phenoxy) is 3. The van der Waals surface area contributed by atoms with E-state index in [1.165, 1.54) is 0 Å². The molecule has 1 aliphatic heterocycles. The van der Waals surface area contributed by atoms with Crippen LogP contribution in [0.4, 0.5) is 0 Å². The number of esters is 1. The van der Waals surface area contributed by atoms with Crippen LogP contribution in [0.3, 0.4) is 0 Å². The standard InChI is InChI=1S/C17H13BrN2O4/c1-22-14-4-3-10(6-15(14)23-2)5-13-17(21)24-16(20-13)11-7-12(18)9-19-8-11/h3-9H,1-2H3/b13-5-. The van der Waals surface area contributed by atoms with Gasteiger partial charge in [0.15, 0.2) is 17.2 Å². The Hall–Kier alpha value is -2.67. The van der Waals surface area contributed by atoms with E-state index in [1.807, 2.05) is 0 Å². The van der Waals surface area contributed by atoms with Crippen molar-refractivity contribution in [2.75, 3.05) is 14.2 Å². The molecular formula is C17H13BrN2O4. The molecule has 0 atom stereocenters. The zero-order valence-electron chi connectivity index (χ0n) is 12.9. The lowest BCUT2D eigenvalue weighted by atomic mass is 10.1. The van der Waals surface area contributed by atoms with E-state index >= 15 is 0 Å². The largest absolute Gasteiger partial charge is 0.493 e. The van der Waals surface area contributed by atoms with Gasteiger partial charge in [-0.2, -0.15) is 0 Å². The first-order valence-corrected chi connectivity index (χ1v) is 7.75. The molecule has 0 radical (unpaired) electrons. The molecule has 0 bridgehead atoms. The number of nitrogens with zero attached hydrogens (tertiary/aromatic N) is 2. The third-order valence-corrected chi connectivity index (χ3v) is 3.72. The van der Waals surface area contributed by atoms with Crippen LogP contribution in [-0.2, 0) is 9.53 Å². The highest BCUT2D eigenvalue weighted by atomic mass is 79.9. The summed E-state index contributed by atoms with van der Waals surface area (Å²) in [6.45, 7) is 0. The highest BCUT2D eigenvalue weighted by Crippen LogP contribution is 2.29. The monoisotopic (exact) mass is 388 g/mol. The number of halogens is 1. The maximum absolute atomic E-state index is 12.0. The number of cyclic esters (lactones) is 1. The van der Waals surface area contributed by atoms with Gasteiger partial charge >= 0.3 is 5.97 Å². The maximum Gasteiger partial charge on any atom is 0.363 e. The first kappa shape index (κ1) is 16.2. The number of rotatable bonds is 4. The molecule has 122 valence electrons. The third kappa shape index (κ3) is 3.30. The summed E-state index contributed by atoms with van der Waals surface area (Å²) >= 11 is 3.32. The molecule has 2 heterocycles. The normalized spacial score (nSPS) is 15.2. The Labute approximate surface area is 146 Å². The van der Waals surface area contributed by atoms with Crippen molar-refractivity contribution in [2.24, 2.45) is 4.99 Å². The van der Waals surface area contributed by atoms with Gasteiger partial charge in [0.25, 0.3) is 0 Å². The van der Waals surface area contributed by atoms with E-state index < -0.39 is 5.97 Å². The van der Waals surface area contributed by atoms with Crippen LogP contribution in [0.1, 0.15) is 11.1 Å². The molecule has 0 amide bonds. The zero-order valence-corrected chi connectivity index (χ0v) is 14.5. The fraction of sp³-hybridized carbons (Fsp3) is 0.118. The molecule has 7 heteroatoms. The van der Waals surface area contributed by atoms with Crippen molar-refractivity contribution in [2.45, 2.75) is 0 Å². The molecule has 0 saturated heterocycles. The SMILES string of the molecule is COc1ccc(/C=C2\N=C(c3cncc(Br)c3)OC2=O)cc1OC. The van der Waals surface area contributed by atoms with Gasteiger partial charge in [0, 0.05) is 16.9 Å². The average molecular weight is 389 g/mol. The summed E-state index contributed by atoms with van der Waals surface area (Å²) in [6, 6.07) is 7.09. The second-order valence-electron chi connectivity index (χ2n) is 4.84. The fourth-order valence-corrected chi connectivity index (χ4v) is 2.53. The molecule has 1 aromatic heterocycles. The molecule has 2 aromatic rings. The fourth-order valence-electron chi connectivity index (χ4n) is 2.16. The second-order valence-corrected chi connectivity index (χ2v) is 5.76. The van der Waals surface area contributed by atoms with Crippen LogP contribution in [-0.4, -0.2) is 31.1 Å². The van der Waals surface area contributed by atoms with Gasteiger partial charge < -0.3 is 14.2 Å². The summed E-state index contributed by atoms with van der Waals surface area (Å²) < 4.78 is 16.4. The van der Waals surface area contributed by atoms with Crippen molar-refractivity contribution in [3.05, 3.63) is 58.0 Å². The number of aliphatic imine (C=N–C) groups is 1. The minimum Gasteiger partial charge on any atom is -0.493 e. The van der Waals surface area contributed by atoms with Gasteiger partial charge in [0.2, 0.25) is 5.90 Å². The number of methoxy groups -OCH3 is 2. The summed E-state index contributed by atoms with van der Waals surface area (Å²) in [4.78, 5) is 20.3. The van der Waals surface area contributed by atoms with Crippen LogP contribution in [0.15, 0.2) is 51.8 Å². The van der Waals surface area contributed by atoms with Crippen molar-refractivity contribution >= 4 is 33.9 Å². The first-order chi connectivity index (χ1) is 11.6. The van der Waals surface area contributed by atoms with Crippen molar-refractivity contribution < 1.29 is 19.0 Å². The highest BCUT2D eigenvalue weighted by molar-refractivity contribution is 9.10. The van der Waals surface area contributed by atoms with Crippen molar-refractivity contribution in [3.63, 3.8) is 0 Å². The predicted octanol–water partition coefficient (Wildman–Crippen LogP) is 3.21. The summed E-state index contributed by atoms with van der Waals surface area (Å²) in [5.74, 6) is 0.886. The van der Waals surface area contributed by atoms with Gasteiger partial charge in [-0.1, -0.05) is 6.07 Å².